The van der Waals surface area contributed by atoms with E-state index in [1.807, 2.05) is 6.92 Å². The zero-order valence-corrected chi connectivity index (χ0v) is 11.6. The quantitative estimate of drug-likeness (QED) is 0.904. The molecule has 0 amide bonds. The maximum Gasteiger partial charge on any atom is 0.336 e. The molecule has 0 aliphatic carbocycles. The first-order valence-electron chi connectivity index (χ1n) is 5.54. The number of aryl methyl sites for hydroxylation is 1. The van der Waals surface area contributed by atoms with Crippen molar-refractivity contribution in [1.29, 1.82) is 0 Å². The summed E-state index contributed by atoms with van der Waals surface area (Å²) in [5.74, 6) is -1.35. The average Bonchev–Trinajstić information content (AvgIpc) is 2.82. The van der Waals surface area contributed by atoms with E-state index >= 15 is 0 Å². The zero-order chi connectivity index (χ0) is 14.0. The second-order valence-electron chi connectivity index (χ2n) is 3.78. The molecule has 2 aromatic rings. The molecule has 7 heteroatoms. The van der Waals surface area contributed by atoms with Gasteiger partial charge in [-0.05, 0) is 35.0 Å². The monoisotopic (exact) mass is 327 g/mol. The highest BCUT2D eigenvalue weighted by Gasteiger charge is 2.16. The summed E-state index contributed by atoms with van der Waals surface area (Å²) >= 11 is 2.94. The third-order valence-corrected chi connectivity index (χ3v) is 3.32. The number of rotatable bonds is 4. The van der Waals surface area contributed by atoms with Crippen LogP contribution in [0.1, 0.15) is 17.3 Å². The van der Waals surface area contributed by atoms with Gasteiger partial charge >= 0.3 is 5.97 Å². The van der Waals surface area contributed by atoms with Gasteiger partial charge in [0.2, 0.25) is 0 Å². The lowest BCUT2D eigenvalue weighted by Gasteiger charge is -2.08. The highest BCUT2D eigenvalue weighted by Crippen LogP contribution is 2.28. The van der Waals surface area contributed by atoms with E-state index in [4.69, 9.17) is 5.11 Å². The van der Waals surface area contributed by atoms with Gasteiger partial charge in [-0.3, -0.25) is 4.68 Å². The predicted molar refractivity (Wildman–Crippen MR) is 72.2 cm³/mol. The number of hydrogen-bond donors (Lipinski definition) is 2. The summed E-state index contributed by atoms with van der Waals surface area (Å²) in [6.07, 6.45) is 1.76. The zero-order valence-electron chi connectivity index (χ0n) is 10.0. The first kappa shape index (κ1) is 13.5. The van der Waals surface area contributed by atoms with Crippen LogP contribution >= 0.6 is 15.9 Å². The summed E-state index contributed by atoms with van der Waals surface area (Å²) < 4.78 is 15.6. The second kappa shape index (κ2) is 5.40. The smallest absolute Gasteiger partial charge is 0.336 e. The predicted octanol–water partition coefficient (Wildman–Crippen LogP) is 3.25. The fraction of sp³-hybridized carbons (Fsp3) is 0.167. The van der Waals surface area contributed by atoms with E-state index in [0.717, 1.165) is 0 Å². The molecule has 0 spiro atoms. The lowest BCUT2D eigenvalue weighted by Crippen LogP contribution is -2.03. The molecule has 0 aliphatic rings. The van der Waals surface area contributed by atoms with Gasteiger partial charge in [-0.2, -0.15) is 5.10 Å². The average molecular weight is 328 g/mol. The molecule has 0 saturated carbocycles. The Bertz CT molecular complexity index is 627. The molecular weight excluding hydrogens is 317 g/mol. The number of benzene rings is 1. The minimum Gasteiger partial charge on any atom is -0.478 e. The van der Waals surface area contributed by atoms with Crippen molar-refractivity contribution in [2.75, 3.05) is 5.32 Å². The van der Waals surface area contributed by atoms with Crippen LogP contribution in [0.2, 0.25) is 0 Å². The van der Waals surface area contributed by atoms with Gasteiger partial charge < -0.3 is 10.4 Å². The van der Waals surface area contributed by atoms with Gasteiger partial charge in [0.05, 0.1) is 15.7 Å². The van der Waals surface area contributed by atoms with Crippen molar-refractivity contribution in [3.8, 4) is 0 Å². The number of anilines is 2. The third-order valence-electron chi connectivity index (χ3n) is 2.54. The summed E-state index contributed by atoms with van der Waals surface area (Å²) in [4.78, 5) is 10.9. The summed E-state index contributed by atoms with van der Waals surface area (Å²) in [5.41, 5.74) is 0.0420. The van der Waals surface area contributed by atoms with E-state index in [0.29, 0.717) is 12.4 Å². The van der Waals surface area contributed by atoms with Crippen molar-refractivity contribution in [3.63, 3.8) is 0 Å². The van der Waals surface area contributed by atoms with Gasteiger partial charge in [0, 0.05) is 18.8 Å². The Labute approximate surface area is 117 Å². The minimum absolute atomic E-state index is 0.0834. The number of aromatic carboxylic acids is 1. The van der Waals surface area contributed by atoms with E-state index in [1.54, 1.807) is 16.9 Å². The Morgan fingerprint density at radius 2 is 2.26 bits per heavy atom. The molecule has 0 atom stereocenters. The van der Waals surface area contributed by atoms with Crippen LogP contribution < -0.4 is 5.32 Å². The van der Waals surface area contributed by atoms with Crippen LogP contribution in [0, 0.1) is 5.82 Å². The number of carbonyl (C=O) groups is 1. The van der Waals surface area contributed by atoms with Crippen LogP contribution in [0.5, 0.6) is 0 Å². The standard InChI is InChI=1S/C12H11BrFN3O2/c1-2-17-6-5-9(16-17)15-8-4-3-7(12(18)19)10(13)11(8)14/h3-6H,2H2,1H3,(H,15,16)(H,18,19). The van der Waals surface area contributed by atoms with Crippen molar-refractivity contribution >= 4 is 33.4 Å². The summed E-state index contributed by atoms with van der Waals surface area (Å²) in [5, 5.41) is 15.8. The molecule has 0 unspecified atom stereocenters. The van der Waals surface area contributed by atoms with Crippen molar-refractivity contribution in [2.24, 2.45) is 0 Å². The van der Waals surface area contributed by atoms with E-state index in [1.165, 1.54) is 12.1 Å². The number of carboxylic acid groups (broad SMARTS) is 1. The first-order chi connectivity index (χ1) is 9.02. The highest BCUT2D eigenvalue weighted by molar-refractivity contribution is 9.10. The van der Waals surface area contributed by atoms with Gasteiger partial charge in [-0.1, -0.05) is 0 Å². The molecule has 2 rings (SSSR count). The van der Waals surface area contributed by atoms with Crippen LogP contribution in [0.15, 0.2) is 28.9 Å². The number of nitrogens with one attached hydrogen (secondary N) is 1. The molecular formula is C12H11BrFN3O2. The van der Waals surface area contributed by atoms with Crippen molar-refractivity contribution < 1.29 is 14.3 Å². The Balaban J connectivity index is 2.31. The van der Waals surface area contributed by atoms with Crippen LogP contribution in [0.25, 0.3) is 0 Å². The summed E-state index contributed by atoms with van der Waals surface area (Å²) in [6.45, 7) is 2.65. The third kappa shape index (κ3) is 2.76. The minimum atomic E-state index is -1.19. The fourth-order valence-corrected chi connectivity index (χ4v) is 2.07. The van der Waals surface area contributed by atoms with Crippen LogP contribution in [-0.2, 0) is 6.54 Å². The Morgan fingerprint density at radius 3 is 2.84 bits per heavy atom. The maximum atomic E-state index is 14.0. The van der Waals surface area contributed by atoms with Crippen LogP contribution in [-0.4, -0.2) is 20.9 Å². The van der Waals surface area contributed by atoms with E-state index in [9.17, 15) is 9.18 Å². The lowest BCUT2D eigenvalue weighted by atomic mass is 10.2. The second-order valence-corrected chi connectivity index (χ2v) is 4.57. The lowest BCUT2D eigenvalue weighted by molar-refractivity contribution is 0.0695. The molecule has 0 radical (unpaired) electrons. The largest absolute Gasteiger partial charge is 0.478 e. The normalized spacial score (nSPS) is 10.5. The molecule has 0 aliphatic heterocycles. The summed E-state index contributed by atoms with van der Waals surface area (Å²) in [7, 11) is 0. The number of nitrogens with zero attached hydrogens (tertiary/aromatic N) is 2. The molecule has 0 saturated heterocycles. The highest BCUT2D eigenvalue weighted by atomic mass is 79.9. The molecule has 0 fully saturated rings. The molecule has 2 N–H and O–H groups in total. The number of halogens is 2. The van der Waals surface area contributed by atoms with Crippen molar-refractivity contribution in [2.45, 2.75) is 13.5 Å². The molecule has 5 nitrogen and oxygen atoms in total. The van der Waals surface area contributed by atoms with Gasteiger partial charge in [0.15, 0.2) is 11.6 Å². The Kier molecular flexibility index (Phi) is 3.84. The number of carboxylic acids is 1. The molecule has 0 bridgehead atoms. The van der Waals surface area contributed by atoms with E-state index in [-0.39, 0.29) is 15.7 Å². The Hall–Kier alpha value is -1.89. The van der Waals surface area contributed by atoms with E-state index < -0.39 is 11.8 Å². The SMILES string of the molecule is CCn1ccc(Nc2ccc(C(=O)O)c(Br)c2F)n1. The molecule has 19 heavy (non-hydrogen) atoms. The van der Waals surface area contributed by atoms with Crippen molar-refractivity contribution in [3.05, 3.63) is 40.2 Å². The van der Waals surface area contributed by atoms with Gasteiger partial charge in [0.1, 0.15) is 0 Å². The Morgan fingerprint density at radius 1 is 1.53 bits per heavy atom. The van der Waals surface area contributed by atoms with Crippen LogP contribution in [0.4, 0.5) is 15.9 Å². The van der Waals surface area contributed by atoms with Gasteiger partial charge in [-0.25, -0.2) is 9.18 Å². The van der Waals surface area contributed by atoms with Crippen LogP contribution in [0.3, 0.4) is 0 Å². The first-order valence-corrected chi connectivity index (χ1v) is 6.34. The maximum absolute atomic E-state index is 14.0. The molecule has 1 heterocycles. The topological polar surface area (TPSA) is 67.2 Å². The molecule has 1 aromatic carbocycles. The van der Waals surface area contributed by atoms with Gasteiger partial charge in [-0.15, -0.1) is 0 Å². The van der Waals surface area contributed by atoms with Crippen molar-refractivity contribution in [1.82, 2.24) is 9.78 Å². The number of aromatic nitrogens is 2. The van der Waals surface area contributed by atoms with E-state index in [2.05, 4.69) is 26.3 Å². The molecule has 100 valence electrons. The van der Waals surface area contributed by atoms with Gasteiger partial charge in [0.25, 0.3) is 0 Å². The number of hydrogen-bond acceptors (Lipinski definition) is 3. The molecule has 1 aromatic heterocycles. The summed E-state index contributed by atoms with van der Waals surface area (Å²) in [6, 6.07) is 4.41. The fourth-order valence-electron chi connectivity index (χ4n) is 1.55.